The molecular weight excluding hydrogens is 366 g/mol. The van der Waals surface area contributed by atoms with Gasteiger partial charge in [0.05, 0.1) is 4.92 Å². The van der Waals surface area contributed by atoms with E-state index in [9.17, 15) is 24.5 Å². The zero-order valence-electron chi connectivity index (χ0n) is 13.9. The average molecular weight is 384 g/mol. The molecule has 0 aliphatic carbocycles. The standard InChI is InChI=1S/C16H18ClN3O6/c17-12-5-4-11(8-13(12)20(24)25)16(23)18-9-15(22)26-10-14(21)19-6-2-1-3-7-19/h4-5,8H,1-3,6-7,9-10H2,(H,18,23). The summed E-state index contributed by atoms with van der Waals surface area (Å²) < 4.78 is 4.85. The molecule has 26 heavy (non-hydrogen) atoms. The quantitative estimate of drug-likeness (QED) is 0.452. The molecule has 1 aliphatic heterocycles. The number of ether oxygens (including phenoxy) is 1. The van der Waals surface area contributed by atoms with Gasteiger partial charge < -0.3 is 15.0 Å². The highest BCUT2D eigenvalue weighted by Crippen LogP contribution is 2.24. The van der Waals surface area contributed by atoms with E-state index < -0.39 is 29.0 Å². The molecule has 0 unspecified atom stereocenters. The maximum atomic E-state index is 12.0. The van der Waals surface area contributed by atoms with Gasteiger partial charge in [-0.2, -0.15) is 0 Å². The summed E-state index contributed by atoms with van der Waals surface area (Å²) in [5.74, 6) is -1.73. The summed E-state index contributed by atoms with van der Waals surface area (Å²) in [6, 6.07) is 3.54. The zero-order chi connectivity index (χ0) is 19.1. The molecule has 1 aromatic carbocycles. The summed E-state index contributed by atoms with van der Waals surface area (Å²) in [6.07, 6.45) is 2.95. The van der Waals surface area contributed by atoms with Crippen LogP contribution in [0.1, 0.15) is 29.6 Å². The van der Waals surface area contributed by atoms with Gasteiger partial charge in [0.1, 0.15) is 11.6 Å². The normalized spacial score (nSPS) is 13.8. The predicted molar refractivity (Wildman–Crippen MR) is 91.8 cm³/mol. The van der Waals surface area contributed by atoms with Crippen molar-refractivity contribution >= 4 is 35.1 Å². The van der Waals surface area contributed by atoms with E-state index in [1.807, 2.05) is 0 Å². The zero-order valence-corrected chi connectivity index (χ0v) is 14.7. The van der Waals surface area contributed by atoms with E-state index >= 15 is 0 Å². The summed E-state index contributed by atoms with van der Waals surface area (Å²) in [5.41, 5.74) is -0.424. The van der Waals surface area contributed by atoms with Crippen LogP contribution >= 0.6 is 11.6 Å². The van der Waals surface area contributed by atoms with Gasteiger partial charge in [-0.3, -0.25) is 24.5 Å². The molecular formula is C16H18ClN3O6. The number of nitrogens with one attached hydrogen (secondary N) is 1. The van der Waals surface area contributed by atoms with Gasteiger partial charge in [-0.1, -0.05) is 11.6 Å². The molecule has 0 atom stereocenters. The van der Waals surface area contributed by atoms with Gasteiger partial charge in [0, 0.05) is 24.7 Å². The first-order valence-electron chi connectivity index (χ1n) is 8.04. The lowest BCUT2D eigenvalue weighted by atomic mass is 10.1. The first kappa shape index (κ1) is 19.6. The van der Waals surface area contributed by atoms with E-state index in [1.165, 1.54) is 12.1 Å². The highest BCUT2D eigenvalue weighted by atomic mass is 35.5. The van der Waals surface area contributed by atoms with E-state index in [0.29, 0.717) is 13.1 Å². The van der Waals surface area contributed by atoms with Crippen molar-refractivity contribution in [3.05, 3.63) is 38.9 Å². The second-order valence-electron chi connectivity index (χ2n) is 5.71. The Bertz CT molecular complexity index is 718. The van der Waals surface area contributed by atoms with Gasteiger partial charge in [-0.25, -0.2) is 0 Å². The van der Waals surface area contributed by atoms with Crippen molar-refractivity contribution in [2.75, 3.05) is 26.2 Å². The fraction of sp³-hybridized carbons (Fsp3) is 0.438. The second kappa shape index (κ2) is 9.14. The number of nitro benzene ring substituents is 1. The number of rotatable bonds is 6. The number of benzene rings is 1. The van der Waals surface area contributed by atoms with Crippen LogP contribution in [0.25, 0.3) is 0 Å². The van der Waals surface area contributed by atoms with Gasteiger partial charge in [0.25, 0.3) is 17.5 Å². The molecule has 0 radical (unpaired) electrons. The molecule has 9 nitrogen and oxygen atoms in total. The molecule has 0 aromatic heterocycles. The Morgan fingerprint density at radius 2 is 1.92 bits per heavy atom. The number of halogens is 1. The predicted octanol–water partition coefficient (Wildman–Crippen LogP) is 1.53. The largest absolute Gasteiger partial charge is 0.454 e. The molecule has 1 aliphatic rings. The number of hydrogen-bond acceptors (Lipinski definition) is 6. The van der Waals surface area contributed by atoms with Crippen molar-refractivity contribution in [3.8, 4) is 0 Å². The fourth-order valence-corrected chi connectivity index (χ4v) is 2.66. The number of likely N-dealkylation sites (tertiary alicyclic amines) is 1. The van der Waals surface area contributed by atoms with Gasteiger partial charge in [-0.15, -0.1) is 0 Å². The molecule has 140 valence electrons. The van der Waals surface area contributed by atoms with E-state index in [-0.39, 0.29) is 23.1 Å². The monoisotopic (exact) mass is 383 g/mol. The maximum Gasteiger partial charge on any atom is 0.325 e. The number of esters is 1. The third-order valence-electron chi connectivity index (χ3n) is 3.86. The topological polar surface area (TPSA) is 119 Å². The number of nitro groups is 1. The van der Waals surface area contributed by atoms with Crippen molar-refractivity contribution in [2.24, 2.45) is 0 Å². The summed E-state index contributed by atoms with van der Waals surface area (Å²) >= 11 is 5.67. The van der Waals surface area contributed by atoms with Gasteiger partial charge in [0.2, 0.25) is 0 Å². The maximum absolute atomic E-state index is 12.0. The van der Waals surface area contributed by atoms with Crippen LogP contribution in [-0.4, -0.2) is 53.8 Å². The van der Waals surface area contributed by atoms with Crippen molar-refractivity contribution in [3.63, 3.8) is 0 Å². The third-order valence-corrected chi connectivity index (χ3v) is 4.18. The summed E-state index contributed by atoms with van der Waals surface area (Å²) in [7, 11) is 0. The van der Waals surface area contributed by atoms with E-state index in [1.54, 1.807) is 4.90 Å². The Hall–Kier alpha value is -2.68. The SMILES string of the molecule is O=C(CNC(=O)c1ccc(Cl)c([N+](=O)[O-])c1)OCC(=O)N1CCCCC1. The number of carbonyl (C=O) groups excluding carboxylic acids is 3. The van der Waals surface area contributed by atoms with Gasteiger partial charge in [0.15, 0.2) is 6.61 Å². The lowest BCUT2D eigenvalue weighted by Gasteiger charge is -2.26. The lowest BCUT2D eigenvalue weighted by molar-refractivity contribution is -0.384. The average Bonchev–Trinajstić information content (AvgIpc) is 2.64. The highest BCUT2D eigenvalue weighted by molar-refractivity contribution is 6.32. The Kier molecular flexibility index (Phi) is 6.90. The van der Waals surface area contributed by atoms with Crippen LogP contribution in [0.5, 0.6) is 0 Å². The van der Waals surface area contributed by atoms with Crippen molar-refractivity contribution in [1.29, 1.82) is 0 Å². The molecule has 0 saturated carbocycles. The number of hydrogen-bond donors (Lipinski definition) is 1. The molecule has 0 spiro atoms. The van der Waals surface area contributed by atoms with E-state index in [0.717, 1.165) is 25.3 Å². The van der Waals surface area contributed by atoms with Crippen LogP contribution in [0.2, 0.25) is 5.02 Å². The molecule has 1 heterocycles. The van der Waals surface area contributed by atoms with Crippen LogP contribution in [0, 0.1) is 10.1 Å². The first-order chi connectivity index (χ1) is 12.4. The Balaban J connectivity index is 1.79. The fourth-order valence-electron chi connectivity index (χ4n) is 2.48. The first-order valence-corrected chi connectivity index (χ1v) is 8.42. The summed E-state index contributed by atoms with van der Waals surface area (Å²) in [5, 5.41) is 13.0. The van der Waals surface area contributed by atoms with Crippen LogP contribution in [0.15, 0.2) is 18.2 Å². The minimum Gasteiger partial charge on any atom is -0.454 e. The molecule has 10 heteroatoms. The van der Waals surface area contributed by atoms with Crippen LogP contribution in [0.4, 0.5) is 5.69 Å². The summed E-state index contributed by atoms with van der Waals surface area (Å²) in [6.45, 7) is 0.481. The van der Waals surface area contributed by atoms with E-state index in [2.05, 4.69) is 5.32 Å². The molecule has 1 aromatic rings. The molecule has 1 N–H and O–H groups in total. The smallest absolute Gasteiger partial charge is 0.325 e. The van der Waals surface area contributed by atoms with Gasteiger partial charge >= 0.3 is 5.97 Å². The van der Waals surface area contributed by atoms with Crippen molar-refractivity contribution < 1.29 is 24.0 Å². The molecule has 2 rings (SSSR count). The van der Waals surface area contributed by atoms with Crippen LogP contribution in [0.3, 0.4) is 0 Å². The number of piperidine rings is 1. The van der Waals surface area contributed by atoms with Crippen molar-refractivity contribution in [2.45, 2.75) is 19.3 Å². The number of amides is 2. The molecule has 2 amide bonds. The highest BCUT2D eigenvalue weighted by Gasteiger charge is 2.19. The lowest BCUT2D eigenvalue weighted by Crippen LogP contribution is -2.39. The molecule has 0 bridgehead atoms. The van der Waals surface area contributed by atoms with Crippen LogP contribution in [-0.2, 0) is 14.3 Å². The minimum absolute atomic E-state index is 0.0155. The summed E-state index contributed by atoms with van der Waals surface area (Å²) in [4.78, 5) is 47.3. The van der Waals surface area contributed by atoms with Gasteiger partial charge in [-0.05, 0) is 31.4 Å². The van der Waals surface area contributed by atoms with Crippen molar-refractivity contribution in [1.82, 2.24) is 10.2 Å². The number of carbonyl (C=O) groups is 3. The molecule has 1 fully saturated rings. The Labute approximate surface area is 154 Å². The Morgan fingerprint density at radius 1 is 1.23 bits per heavy atom. The second-order valence-corrected chi connectivity index (χ2v) is 6.12. The Morgan fingerprint density at radius 3 is 2.58 bits per heavy atom. The van der Waals surface area contributed by atoms with Crippen LogP contribution < -0.4 is 5.32 Å². The minimum atomic E-state index is -0.771. The van der Waals surface area contributed by atoms with E-state index in [4.69, 9.17) is 16.3 Å². The third kappa shape index (κ3) is 5.41. The molecule has 1 saturated heterocycles. The number of nitrogens with zero attached hydrogens (tertiary/aromatic N) is 2.